The van der Waals surface area contributed by atoms with Gasteiger partial charge in [0.2, 0.25) is 0 Å². The van der Waals surface area contributed by atoms with Crippen molar-refractivity contribution in [2.75, 3.05) is 13.7 Å². The second-order valence-electron chi connectivity index (χ2n) is 7.99. The number of rotatable bonds is 8. The number of methoxy groups -OCH3 is 1. The number of hydrogen-bond donors (Lipinski definition) is 1. The van der Waals surface area contributed by atoms with Gasteiger partial charge in [0.15, 0.2) is 6.61 Å². The Hall–Kier alpha value is -3.44. The average Bonchev–Trinajstić information content (AvgIpc) is 3.29. The van der Waals surface area contributed by atoms with Gasteiger partial charge in [-0.25, -0.2) is 10.2 Å². The van der Waals surface area contributed by atoms with Gasteiger partial charge in [-0.15, -0.1) is 0 Å². The van der Waals surface area contributed by atoms with Crippen molar-refractivity contribution in [3.63, 3.8) is 0 Å². The fraction of sp³-hybridized carbons (Fsp3) is 0.107. The van der Waals surface area contributed by atoms with Crippen molar-refractivity contribution in [1.82, 2.24) is 9.99 Å². The van der Waals surface area contributed by atoms with E-state index in [1.807, 2.05) is 36.4 Å². The number of hydrazone groups is 1. The number of halogens is 2. The number of carbonyl (C=O) groups excluding carboxylic acids is 2. The standard InChI is InChI=1S/C28H23BrIN3O4/c1-18-8-13-25(20-6-4-3-5-7-20)33(18)22-11-9-21(10-12-22)28(35)32-31-16-19-14-23(29)27(24(30)15-19)37-17-26(34)36-2/h3-16H,17H2,1-2H3,(H,32,35)/b31-16+. The van der Waals surface area contributed by atoms with Crippen LogP contribution in [-0.2, 0) is 9.53 Å². The van der Waals surface area contributed by atoms with Crippen LogP contribution in [0.15, 0.2) is 88.4 Å². The summed E-state index contributed by atoms with van der Waals surface area (Å²) in [5.74, 6) is -0.257. The fourth-order valence-electron chi connectivity index (χ4n) is 3.69. The molecule has 3 aromatic carbocycles. The zero-order valence-corrected chi connectivity index (χ0v) is 23.8. The summed E-state index contributed by atoms with van der Waals surface area (Å²) in [7, 11) is 1.30. The number of esters is 1. The number of ether oxygens (including phenoxy) is 2. The summed E-state index contributed by atoms with van der Waals surface area (Å²) < 4.78 is 13.7. The van der Waals surface area contributed by atoms with Gasteiger partial charge in [0, 0.05) is 16.9 Å². The monoisotopic (exact) mass is 671 g/mol. The van der Waals surface area contributed by atoms with Crippen LogP contribution in [0.25, 0.3) is 16.9 Å². The molecule has 37 heavy (non-hydrogen) atoms. The molecule has 4 rings (SSSR count). The van der Waals surface area contributed by atoms with Crippen LogP contribution in [0.1, 0.15) is 21.6 Å². The highest BCUT2D eigenvalue weighted by Crippen LogP contribution is 2.31. The maximum atomic E-state index is 12.6. The highest BCUT2D eigenvalue weighted by atomic mass is 127. The Morgan fingerprint density at radius 3 is 2.46 bits per heavy atom. The number of benzene rings is 3. The Labute approximate surface area is 236 Å². The molecule has 0 saturated carbocycles. The third-order valence-corrected chi connectivity index (χ3v) is 6.89. The molecule has 0 saturated heterocycles. The molecule has 0 aliphatic rings. The van der Waals surface area contributed by atoms with Crippen molar-refractivity contribution in [2.24, 2.45) is 5.10 Å². The van der Waals surface area contributed by atoms with Gasteiger partial charge in [-0.3, -0.25) is 4.79 Å². The summed E-state index contributed by atoms with van der Waals surface area (Å²) in [6.45, 7) is 1.87. The van der Waals surface area contributed by atoms with Crippen LogP contribution in [0.3, 0.4) is 0 Å². The molecule has 188 valence electrons. The third-order valence-electron chi connectivity index (χ3n) is 5.50. The molecule has 1 aromatic heterocycles. The fourth-order valence-corrected chi connectivity index (χ4v) is 5.46. The Morgan fingerprint density at radius 2 is 1.78 bits per heavy atom. The molecule has 0 spiro atoms. The normalized spacial score (nSPS) is 10.9. The van der Waals surface area contributed by atoms with E-state index in [2.05, 4.69) is 89.5 Å². The second-order valence-corrected chi connectivity index (χ2v) is 10.0. The van der Waals surface area contributed by atoms with E-state index in [1.165, 1.54) is 7.11 Å². The first-order valence-corrected chi connectivity index (χ1v) is 13.1. The van der Waals surface area contributed by atoms with E-state index >= 15 is 0 Å². The van der Waals surface area contributed by atoms with E-state index in [-0.39, 0.29) is 12.5 Å². The van der Waals surface area contributed by atoms with Gasteiger partial charge in [0.05, 0.1) is 27.1 Å². The van der Waals surface area contributed by atoms with Gasteiger partial charge in [0.1, 0.15) is 5.75 Å². The van der Waals surface area contributed by atoms with Gasteiger partial charge in [-0.05, 0) is 105 Å². The number of hydrogen-bond acceptors (Lipinski definition) is 5. The second kappa shape index (κ2) is 12.2. The number of nitrogens with zero attached hydrogens (tertiary/aromatic N) is 2. The summed E-state index contributed by atoms with van der Waals surface area (Å²) in [4.78, 5) is 24.0. The average molecular weight is 672 g/mol. The molecule has 0 fully saturated rings. The van der Waals surface area contributed by atoms with Gasteiger partial charge < -0.3 is 14.0 Å². The van der Waals surface area contributed by atoms with E-state index in [1.54, 1.807) is 24.4 Å². The van der Waals surface area contributed by atoms with Gasteiger partial charge in [-0.1, -0.05) is 30.3 Å². The molecule has 1 amide bonds. The van der Waals surface area contributed by atoms with Crippen molar-refractivity contribution in [1.29, 1.82) is 0 Å². The van der Waals surface area contributed by atoms with E-state index in [9.17, 15) is 9.59 Å². The topological polar surface area (TPSA) is 81.9 Å². The highest BCUT2D eigenvalue weighted by Gasteiger charge is 2.12. The SMILES string of the molecule is COC(=O)COc1c(Br)cc(/C=N/NC(=O)c2ccc(-n3c(C)ccc3-c3ccccc3)cc2)cc1I. The number of nitrogens with one attached hydrogen (secondary N) is 1. The number of aromatic nitrogens is 1. The van der Waals surface area contributed by atoms with Crippen LogP contribution >= 0.6 is 38.5 Å². The van der Waals surface area contributed by atoms with Crippen LogP contribution in [0.5, 0.6) is 5.75 Å². The van der Waals surface area contributed by atoms with Gasteiger partial charge in [-0.2, -0.15) is 5.10 Å². The van der Waals surface area contributed by atoms with Crippen LogP contribution in [0.2, 0.25) is 0 Å². The molecule has 1 N–H and O–H groups in total. The molecular formula is C28H23BrIN3O4. The predicted molar refractivity (Wildman–Crippen MR) is 155 cm³/mol. The lowest BCUT2D eigenvalue weighted by Gasteiger charge is -2.12. The third kappa shape index (κ3) is 6.47. The number of amides is 1. The van der Waals surface area contributed by atoms with Crippen molar-refractivity contribution >= 4 is 56.6 Å². The minimum Gasteiger partial charge on any atom is -0.480 e. The lowest BCUT2D eigenvalue weighted by molar-refractivity contribution is -0.142. The van der Waals surface area contributed by atoms with E-state index in [0.717, 1.165) is 31.8 Å². The minimum absolute atomic E-state index is 0.190. The molecule has 0 radical (unpaired) electrons. The largest absolute Gasteiger partial charge is 0.480 e. The quantitative estimate of drug-likeness (QED) is 0.106. The molecule has 1 heterocycles. The predicted octanol–water partition coefficient (Wildman–Crippen LogP) is 6.14. The Balaban J connectivity index is 1.43. The molecule has 0 unspecified atom stereocenters. The molecule has 7 nitrogen and oxygen atoms in total. The zero-order valence-electron chi connectivity index (χ0n) is 20.1. The summed E-state index contributed by atoms with van der Waals surface area (Å²) >= 11 is 5.54. The van der Waals surface area contributed by atoms with Gasteiger partial charge in [0.25, 0.3) is 5.91 Å². The lowest BCUT2D eigenvalue weighted by Crippen LogP contribution is -2.17. The van der Waals surface area contributed by atoms with E-state index < -0.39 is 5.97 Å². The number of aryl methyl sites for hydroxylation is 1. The van der Waals surface area contributed by atoms with Crippen LogP contribution in [0, 0.1) is 10.5 Å². The molecule has 4 aromatic rings. The highest BCUT2D eigenvalue weighted by molar-refractivity contribution is 14.1. The van der Waals surface area contributed by atoms with Crippen molar-refractivity contribution in [2.45, 2.75) is 6.92 Å². The lowest BCUT2D eigenvalue weighted by atomic mass is 10.1. The molecular weight excluding hydrogens is 649 g/mol. The summed E-state index contributed by atoms with van der Waals surface area (Å²) in [6.07, 6.45) is 1.54. The smallest absolute Gasteiger partial charge is 0.343 e. The van der Waals surface area contributed by atoms with Crippen LogP contribution in [-0.4, -0.2) is 36.4 Å². The van der Waals surface area contributed by atoms with Crippen LogP contribution < -0.4 is 10.2 Å². The number of carbonyl (C=O) groups is 2. The summed E-state index contributed by atoms with van der Waals surface area (Å²) in [5.41, 5.74) is 8.08. The van der Waals surface area contributed by atoms with Crippen LogP contribution in [0.4, 0.5) is 0 Å². The molecule has 0 atom stereocenters. The molecule has 0 aliphatic heterocycles. The Kier molecular flexibility index (Phi) is 8.78. The van der Waals surface area contributed by atoms with Gasteiger partial charge >= 0.3 is 5.97 Å². The maximum absolute atomic E-state index is 12.6. The Bertz CT molecular complexity index is 1430. The first-order chi connectivity index (χ1) is 17.9. The molecule has 9 heteroatoms. The minimum atomic E-state index is -0.468. The maximum Gasteiger partial charge on any atom is 0.343 e. The summed E-state index contributed by atoms with van der Waals surface area (Å²) in [6, 6.07) is 25.4. The molecule has 0 aliphatic carbocycles. The zero-order chi connectivity index (χ0) is 26.4. The van der Waals surface area contributed by atoms with Crippen molar-refractivity contribution in [3.05, 3.63) is 104 Å². The molecule has 0 bridgehead atoms. The van der Waals surface area contributed by atoms with Crippen molar-refractivity contribution in [3.8, 4) is 22.7 Å². The van der Waals surface area contributed by atoms with Crippen molar-refractivity contribution < 1.29 is 19.1 Å². The Morgan fingerprint density at radius 1 is 1.05 bits per heavy atom. The first-order valence-electron chi connectivity index (χ1n) is 11.2. The summed E-state index contributed by atoms with van der Waals surface area (Å²) in [5, 5.41) is 4.09. The van der Waals surface area contributed by atoms with E-state index in [0.29, 0.717) is 15.8 Å². The van der Waals surface area contributed by atoms with E-state index in [4.69, 9.17) is 4.74 Å². The first kappa shape index (κ1) is 26.6.